The van der Waals surface area contributed by atoms with Crippen molar-refractivity contribution in [2.24, 2.45) is 11.8 Å². The summed E-state index contributed by atoms with van der Waals surface area (Å²) in [5, 5.41) is 3.42. The molecule has 1 rings (SSSR count). The second-order valence-corrected chi connectivity index (χ2v) is 5.57. The lowest BCUT2D eigenvalue weighted by atomic mass is 9.87. The molecule has 0 radical (unpaired) electrons. The lowest BCUT2D eigenvalue weighted by molar-refractivity contribution is -0.144. The van der Waals surface area contributed by atoms with Crippen LogP contribution in [0.2, 0.25) is 0 Å². The van der Waals surface area contributed by atoms with Crippen molar-refractivity contribution in [1.29, 1.82) is 0 Å². The minimum atomic E-state index is -0.0951. The number of rotatable bonds is 10. The van der Waals surface area contributed by atoms with Crippen molar-refractivity contribution < 1.29 is 19.1 Å². The summed E-state index contributed by atoms with van der Waals surface area (Å²) in [6.07, 6.45) is 4.91. The normalized spacial score (nSPS) is 21.2. The summed E-state index contributed by atoms with van der Waals surface area (Å²) in [5.41, 5.74) is 0. The first-order chi connectivity index (χ1) is 10.2. The summed E-state index contributed by atoms with van der Waals surface area (Å²) in [6.45, 7) is 6.62. The highest BCUT2D eigenvalue weighted by atomic mass is 16.5. The summed E-state index contributed by atoms with van der Waals surface area (Å²) in [4.78, 5) is 22.6. The summed E-state index contributed by atoms with van der Waals surface area (Å²) >= 11 is 0. The number of carbonyl (C=O) groups is 2. The largest absolute Gasteiger partial charge is 0.466 e. The summed E-state index contributed by atoms with van der Waals surface area (Å²) < 4.78 is 9.88. The van der Waals surface area contributed by atoms with Gasteiger partial charge in [-0.3, -0.25) is 9.59 Å². The molecule has 21 heavy (non-hydrogen) atoms. The van der Waals surface area contributed by atoms with E-state index in [0.29, 0.717) is 37.9 Å². The van der Waals surface area contributed by atoms with Gasteiger partial charge in [0.1, 0.15) is 0 Å². The van der Waals surface area contributed by atoms with Crippen molar-refractivity contribution >= 4 is 11.9 Å². The minimum absolute atomic E-state index is 0.0951. The second-order valence-electron chi connectivity index (χ2n) is 5.57. The van der Waals surface area contributed by atoms with Gasteiger partial charge in [-0.15, -0.1) is 0 Å². The Morgan fingerprint density at radius 2 is 1.33 bits per heavy atom. The minimum Gasteiger partial charge on any atom is -0.466 e. The van der Waals surface area contributed by atoms with Gasteiger partial charge >= 0.3 is 11.9 Å². The zero-order chi connectivity index (χ0) is 15.5. The Balaban J connectivity index is 2.16. The molecule has 2 atom stereocenters. The van der Waals surface area contributed by atoms with Gasteiger partial charge in [0.05, 0.1) is 13.2 Å². The molecule has 0 aromatic carbocycles. The molecule has 1 fully saturated rings. The molecule has 0 aromatic heterocycles. The van der Waals surface area contributed by atoms with Crippen LogP contribution >= 0.6 is 0 Å². The van der Waals surface area contributed by atoms with Crippen LogP contribution in [0.3, 0.4) is 0 Å². The maximum absolute atomic E-state index is 11.3. The van der Waals surface area contributed by atoms with Gasteiger partial charge in [-0.25, -0.2) is 0 Å². The van der Waals surface area contributed by atoms with Crippen LogP contribution in [0.4, 0.5) is 0 Å². The van der Waals surface area contributed by atoms with Crippen molar-refractivity contribution in [3.05, 3.63) is 0 Å². The monoisotopic (exact) mass is 299 g/mol. The highest BCUT2D eigenvalue weighted by Crippen LogP contribution is 2.27. The maximum Gasteiger partial charge on any atom is 0.305 e. The number of nitrogens with one attached hydrogen (secondary N) is 1. The van der Waals surface area contributed by atoms with Crippen LogP contribution in [0, 0.1) is 11.8 Å². The van der Waals surface area contributed by atoms with E-state index in [-0.39, 0.29) is 11.9 Å². The van der Waals surface area contributed by atoms with Gasteiger partial charge in [-0.1, -0.05) is 0 Å². The number of carbonyl (C=O) groups excluding carboxylic acids is 2. The molecule has 122 valence electrons. The van der Waals surface area contributed by atoms with Crippen LogP contribution in [-0.2, 0) is 19.1 Å². The van der Waals surface area contributed by atoms with Gasteiger partial charge in [0, 0.05) is 12.8 Å². The fourth-order valence-electron chi connectivity index (χ4n) is 2.95. The van der Waals surface area contributed by atoms with Crippen molar-refractivity contribution in [3.63, 3.8) is 0 Å². The van der Waals surface area contributed by atoms with Crippen LogP contribution in [0.1, 0.15) is 52.4 Å². The molecule has 0 amide bonds. The zero-order valence-corrected chi connectivity index (χ0v) is 13.4. The molecular formula is C16H29NO4. The molecule has 1 saturated heterocycles. The molecular weight excluding hydrogens is 270 g/mol. The molecule has 0 aliphatic carbocycles. The predicted octanol–water partition coefficient (Wildman–Crippen LogP) is 2.29. The maximum atomic E-state index is 11.3. The van der Waals surface area contributed by atoms with E-state index in [1.807, 2.05) is 13.8 Å². The fourth-order valence-corrected chi connectivity index (χ4v) is 2.95. The molecule has 5 nitrogen and oxygen atoms in total. The lowest BCUT2D eigenvalue weighted by Gasteiger charge is -2.18. The average molecular weight is 299 g/mol. The number of ether oxygens (including phenoxy) is 2. The smallest absolute Gasteiger partial charge is 0.305 e. The van der Waals surface area contributed by atoms with Gasteiger partial charge in [-0.2, -0.15) is 0 Å². The zero-order valence-electron chi connectivity index (χ0n) is 13.4. The van der Waals surface area contributed by atoms with Crippen LogP contribution in [0.15, 0.2) is 0 Å². The van der Waals surface area contributed by atoms with Crippen LogP contribution in [-0.4, -0.2) is 38.2 Å². The van der Waals surface area contributed by atoms with Crippen LogP contribution < -0.4 is 5.32 Å². The van der Waals surface area contributed by atoms with E-state index < -0.39 is 0 Å². The second kappa shape index (κ2) is 10.6. The first kappa shape index (κ1) is 18.0. The van der Waals surface area contributed by atoms with Crippen LogP contribution in [0.25, 0.3) is 0 Å². The predicted molar refractivity (Wildman–Crippen MR) is 80.8 cm³/mol. The van der Waals surface area contributed by atoms with E-state index >= 15 is 0 Å². The summed E-state index contributed by atoms with van der Waals surface area (Å²) in [6, 6.07) is 0. The fraction of sp³-hybridized carbons (Fsp3) is 0.875. The van der Waals surface area contributed by atoms with E-state index in [4.69, 9.17) is 9.47 Å². The Morgan fingerprint density at radius 3 is 1.71 bits per heavy atom. The number of hydrogen-bond donors (Lipinski definition) is 1. The van der Waals surface area contributed by atoms with E-state index in [0.717, 1.165) is 38.8 Å². The van der Waals surface area contributed by atoms with Crippen molar-refractivity contribution in [2.75, 3.05) is 26.3 Å². The topological polar surface area (TPSA) is 64.6 Å². The van der Waals surface area contributed by atoms with E-state index in [2.05, 4.69) is 5.32 Å². The molecule has 1 aliphatic rings. The van der Waals surface area contributed by atoms with Crippen molar-refractivity contribution in [2.45, 2.75) is 52.4 Å². The molecule has 1 N–H and O–H groups in total. The van der Waals surface area contributed by atoms with Gasteiger partial charge in [0.15, 0.2) is 0 Å². The summed E-state index contributed by atoms with van der Waals surface area (Å²) in [7, 11) is 0. The molecule has 0 spiro atoms. The Labute approximate surface area is 127 Å². The highest BCUT2D eigenvalue weighted by molar-refractivity contribution is 5.69. The molecule has 1 aliphatic heterocycles. The van der Waals surface area contributed by atoms with Gasteiger partial charge in [0.2, 0.25) is 0 Å². The van der Waals surface area contributed by atoms with Gasteiger partial charge in [-0.05, 0) is 64.5 Å². The van der Waals surface area contributed by atoms with Crippen molar-refractivity contribution in [3.8, 4) is 0 Å². The SMILES string of the molecule is CCOC(=O)CCCC1CNCC1CCCC(=O)OCC. The Hall–Kier alpha value is -1.10. The molecule has 0 saturated carbocycles. The summed E-state index contributed by atoms with van der Waals surface area (Å²) in [5.74, 6) is 1.04. The lowest BCUT2D eigenvalue weighted by Crippen LogP contribution is -2.14. The molecule has 5 heteroatoms. The first-order valence-corrected chi connectivity index (χ1v) is 8.19. The molecule has 0 bridgehead atoms. The Bertz CT molecular complexity index is 289. The van der Waals surface area contributed by atoms with Crippen LogP contribution in [0.5, 0.6) is 0 Å². The van der Waals surface area contributed by atoms with Gasteiger partial charge < -0.3 is 14.8 Å². The highest BCUT2D eigenvalue weighted by Gasteiger charge is 2.26. The van der Waals surface area contributed by atoms with Crippen molar-refractivity contribution in [1.82, 2.24) is 5.32 Å². The third kappa shape index (κ3) is 7.46. The Kier molecular flexibility index (Phi) is 9.06. The third-order valence-corrected chi connectivity index (χ3v) is 4.00. The third-order valence-electron chi connectivity index (χ3n) is 4.00. The molecule has 2 unspecified atom stereocenters. The van der Waals surface area contributed by atoms with Gasteiger partial charge in [0.25, 0.3) is 0 Å². The standard InChI is InChI=1S/C16H29NO4/c1-3-20-15(18)9-5-7-13-11-17-12-14(13)8-6-10-16(19)21-4-2/h13-14,17H,3-12H2,1-2H3. The van der Waals surface area contributed by atoms with E-state index in [1.165, 1.54) is 0 Å². The van der Waals surface area contributed by atoms with E-state index in [9.17, 15) is 9.59 Å². The van der Waals surface area contributed by atoms with E-state index in [1.54, 1.807) is 0 Å². The molecule has 0 aromatic rings. The first-order valence-electron chi connectivity index (χ1n) is 8.19. The Morgan fingerprint density at radius 1 is 0.905 bits per heavy atom. The average Bonchev–Trinajstić information content (AvgIpc) is 2.87. The molecule has 1 heterocycles. The quantitative estimate of drug-likeness (QED) is 0.627. The number of hydrogen-bond acceptors (Lipinski definition) is 5. The number of esters is 2.